The summed E-state index contributed by atoms with van der Waals surface area (Å²) in [4.78, 5) is 14.4. The molecule has 16 heavy (non-hydrogen) atoms. The first kappa shape index (κ1) is 11.9. The van der Waals surface area contributed by atoms with Gasteiger partial charge in [-0.25, -0.2) is 0 Å². The van der Waals surface area contributed by atoms with Gasteiger partial charge in [-0.2, -0.15) is 0 Å². The Kier molecular flexibility index (Phi) is 3.85. The summed E-state index contributed by atoms with van der Waals surface area (Å²) in [5.74, 6) is 1.83. The second-order valence-electron chi connectivity index (χ2n) is 5.54. The molecule has 2 aliphatic rings. The largest absolute Gasteiger partial charge is 0.342 e. The molecule has 3 unspecified atom stereocenters. The third-order valence-electron chi connectivity index (χ3n) is 4.34. The molecule has 2 rings (SSSR count). The van der Waals surface area contributed by atoms with E-state index in [-0.39, 0.29) is 0 Å². The van der Waals surface area contributed by atoms with Crippen LogP contribution in [0.3, 0.4) is 0 Å². The zero-order valence-corrected chi connectivity index (χ0v) is 10.3. The topological polar surface area (TPSA) is 46.3 Å². The van der Waals surface area contributed by atoms with E-state index in [9.17, 15) is 4.79 Å². The maximum atomic E-state index is 12.4. The fraction of sp³-hybridized carbons (Fsp3) is 0.923. The molecule has 1 saturated carbocycles. The smallest absolute Gasteiger partial charge is 0.225 e. The summed E-state index contributed by atoms with van der Waals surface area (Å²) in [5, 5.41) is 0. The minimum atomic E-state index is 0.302. The molecule has 3 nitrogen and oxygen atoms in total. The van der Waals surface area contributed by atoms with Crippen molar-refractivity contribution >= 4 is 5.91 Å². The Hall–Kier alpha value is -0.570. The Labute approximate surface area is 98.4 Å². The average molecular weight is 224 g/mol. The summed E-state index contributed by atoms with van der Waals surface area (Å²) in [7, 11) is 0. The minimum absolute atomic E-state index is 0.302. The molecular weight excluding hydrogens is 200 g/mol. The van der Waals surface area contributed by atoms with Gasteiger partial charge in [0.25, 0.3) is 0 Å². The molecule has 0 aromatic heterocycles. The lowest BCUT2D eigenvalue weighted by atomic mass is 9.93. The molecule has 1 aliphatic heterocycles. The second-order valence-corrected chi connectivity index (χ2v) is 5.54. The molecule has 0 aromatic rings. The molecule has 1 amide bonds. The van der Waals surface area contributed by atoms with Gasteiger partial charge in [0.05, 0.1) is 0 Å². The second kappa shape index (κ2) is 5.17. The Morgan fingerprint density at radius 2 is 2.12 bits per heavy atom. The van der Waals surface area contributed by atoms with Crippen molar-refractivity contribution in [1.82, 2.24) is 4.90 Å². The zero-order valence-electron chi connectivity index (χ0n) is 10.3. The van der Waals surface area contributed by atoms with Crippen molar-refractivity contribution < 1.29 is 4.79 Å². The number of piperidine rings is 1. The number of amides is 1. The average Bonchev–Trinajstić information content (AvgIpc) is 2.74. The van der Waals surface area contributed by atoms with Crippen molar-refractivity contribution in [3.05, 3.63) is 0 Å². The molecule has 3 atom stereocenters. The van der Waals surface area contributed by atoms with Crippen LogP contribution in [0.5, 0.6) is 0 Å². The van der Waals surface area contributed by atoms with Gasteiger partial charge in [0.2, 0.25) is 5.91 Å². The van der Waals surface area contributed by atoms with Crippen LogP contribution >= 0.6 is 0 Å². The highest BCUT2D eigenvalue weighted by Gasteiger charge is 2.34. The van der Waals surface area contributed by atoms with Gasteiger partial charge in [0.15, 0.2) is 0 Å². The van der Waals surface area contributed by atoms with E-state index in [0.29, 0.717) is 23.7 Å². The van der Waals surface area contributed by atoms with Crippen LogP contribution in [0.2, 0.25) is 0 Å². The molecule has 2 fully saturated rings. The van der Waals surface area contributed by atoms with Gasteiger partial charge < -0.3 is 10.6 Å². The van der Waals surface area contributed by atoms with Crippen LogP contribution in [0.4, 0.5) is 0 Å². The van der Waals surface area contributed by atoms with Crippen LogP contribution in [-0.2, 0) is 4.79 Å². The predicted molar refractivity (Wildman–Crippen MR) is 64.9 cm³/mol. The standard InChI is InChI=1S/C13H24N2O/c1-10-4-2-6-12(10)13(16)15-7-3-5-11(8-14)9-15/h10-12H,2-9,14H2,1H3. The maximum absolute atomic E-state index is 12.4. The van der Waals surface area contributed by atoms with Crippen LogP contribution in [0.25, 0.3) is 0 Å². The van der Waals surface area contributed by atoms with Crippen molar-refractivity contribution in [2.24, 2.45) is 23.5 Å². The normalized spacial score (nSPS) is 35.4. The van der Waals surface area contributed by atoms with Gasteiger partial charge in [-0.3, -0.25) is 4.79 Å². The van der Waals surface area contributed by atoms with Crippen LogP contribution in [0.15, 0.2) is 0 Å². The Bertz CT molecular complexity index is 254. The molecule has 3 heteroatoms. The summed E-state index contributed by atoms with van der Waals surface area (Å²) in [5.41, 5.74) is 5.71. The van der Waals surface area contributed by atoms with Gasteiger partial charge in [-0.05, 0) is 44.1 Å². The lowest BCUT2D eigenvalue weighted by Gasteiger charge is -2.34. The van der Waals surface area contributed by atoms with E-state index in [0.717, 1.165) is 32.5 Å². The number of carbonyl (C=O) groups is 1. The summed E-state index contributed by atoms with van der Waals surface area (Å²) < 4.78 is 0. The molecular formula is C13H24N2O. The third-order valence-corrected chi connectivity index (χ3v) is 4.34. The van der Waals surface area contributed by atoms with Crippen LogP contribution in [-0.4, -0.2) is 30.4 Å². The number of likely N-dealkylation sites (tertiary alicyclic amines) is 1. The van der Waals surface area contributed by atoms with E-state index in [2.05, 4.69) is 11.8 Å². The molecule has 1 aliphatic carbocycles. The monoisotopic (exact) mass is 224 g/mol. The predicted octanol–water partition coefficient (Wildman–Crippen LogP) is 1.62. The maximum Gasteiger partial charge on any atom is 0.225 e. The van der Waals surface area contributed by atoms with Crippen LogP contribution in [0, 0.1) is 17.8 Å². The van der Waals surface area contributed by atoms with Gasteiger partial charge in [0.1, 0.15) is 0 Å². The van der Waals surface area contributed by atoms with Gasteiger partial charge in [0, 0.05) is 19.0 Å². The summed E-state index contributed by atoms with van der Waals surface area (Å²) in [6.45, 7) is 4.81. The molecule has 0 spiro atoms. The summed E-state index contributed by atoms with van der Waals surface area (Å²) in [6.07, 6.45) is 5.88. The van der Waals surface area contributed by atoms with Crippen LogP contribution in [0.1, 0.15) is 39.0 Å². The zero-order chi connectivity index (χ0) is 11.5. The molecule has 0 radical (unpaired) electrons. The Morgan fingerprint density at radius 3 is 2.75 bits per heavy atom. The highest BCUT2D eigenvalue weighted by molar-refractivity contribution is 5.79. The number of nitrogens with zero attached hydrogens (tertiary/aromatic N) is 1. The quantitative estimate of drug-likeness (QED) is 0.774. The number of rotatable bonds is 2. The number of hydrogen-bond donors (Lipinski definition) is 1. The van der Waals surface area contributed by atoms with Crippen molar-refractivity contribution in [2.75, 3.05) is 19.6 Å². The van der Waals surface area contributed by atoms with Gasteiger partial charge >= 0.3 is 0 Å². The Morgan fingerprint density at radius 1 is 1.31 bits per heavy atom. The fourth-order valence-electron chi connectivity index (χ4n) is 3.20. The van der Waals surface area contributed by atoms with E-state index >= 15 is 0 Å². The minimum Gasteiger partial charge on any atom is -0.342 e. The van der Waals surface area contributed by atoms with Crippen molar-refractivity contribution in [3.8, 4) is 0 Å². The number of nitrogens with two attached hydrogens (primary N) is 1. The molecule has 1 saturated heterocycles. The van der Waals surface area contributed by atoms with E-state index in [1.54, 1.807) is 0 Å². The summed E-state index contributed by atoms with van der Waals surface area (Å²) in [6, 6.07) is 0. The van der Waals surface area contributed by atoms with E-state index in [4.69, 9.17) is 5.73 Å². The first-order valence-electron chi connectivity index (χ1n) is 6.71. The number of carbonyl (C=O) groups excluding carboxylic acids is 1. The van der Waals surface area contributed by atoms with Gasteiger partial charge in [-0.15, -0.1) is 0 Å². The third kappa shape index (κ3) is 2.40. The van der Waals surface area contributed by atoms with E-state index < -0.39 is 0 Å². The first-order valence-corrected chi connectivity index (χ1v) is 6.71. The lowest BCUT2D eigenvalue weighted by Crippen LogP contribution is -2.45. The highest BCUT2D eigenvalue weighted by atomic mass is 16.2. The lowest BCUT2D eigenvalue weighted by molar-refractivity contribution is -0.138. The first-order chi connectivity index (χ1) is 7.72. The van der Waals surface area contributed by atoms with E-state index in [1.165, 1.54) is 19.3 Å². The van der Waals surface area contributed by atoms with Gasteiger partial charge in [-0.1, -0.05) is 13.3 Å². The Balaban J connectivity index is 1.93. The SMILES string of the molecule is CC1CCCC1C(=O)N1CCCC(CN)C1. The van der Waals surface area contributed by atoms with Crippen LogP contribution < -0.4 is 5.73 Å². The molecule has 0 bridgehead atoms. The summed E-state index contributed by atoms with van der Waals surface area (Å²) >= 11 is 0. The fourth-order valence-corrected chi connectivity index (χ4v) is 3.20. The molecule has 0 aromatic carbocycles. The molecule has 92 valence electrons. The van der Waals surface area contributed by atoms with E-state index in [1.807, 2.05) is 0 Å². The van der Waals surface area contributed by atoms with Crippen molar-refractivity contribution in [3.63, 3.8) is 0 Å². The number of hydrogen-bond acceptors (Lipinski definition) is 2. The molecule has 1 heterocycles. The highest BCUT2D eigenvalue weighted by Crippen LogP contribution is 2.33. The van der Waals surface area contributed by atoms with Crippen molar-refractivity contribution in [1.29, 1.82) is 0 Å². The van der Waals surface area contributed by atoms with Crippen molar-refractivity contribution in [2.45, 2.75) is 39.0 Å². The molecule has 2 N–H and O–H groups in total.